The summed E-state index contributed by atoms with van der Waals surface area (Å²) in [5, 5.41) is 0. The summed E-state index contributed by atoms with van der Waals surface area (Å²) in [4.78, 5) is 23.7. The number of pyridine rings is 1. The van der Waals surface area contributed by atoms with Crippen LogP contribution >= 0.6 is 0 Å². The van der Waals surface area contributed by atoms with Crippen molar-refractivity contribution in [3.63, 3.8) is 0 Å². The van der Waals surface area contributed by atoms with Crippen LogP contribution in [0.15, 0.2) is 10.9 Å². The molecule has 0 aliphatic heterocycles. The number of nitrogens with one attached hydrogen (secondary N) is 1. The molecule has 0 saturated heterocycles. The number of ether oxygens (including phenoxy) is 2. The summed E-state index contributed by atoms with van der Waals surface area (Å²) in [7, 11) is 0.710. The van der Waals surface area contributed by atoms with Crippen LogP contribution in [0.5, 0.6) is 5.88 Å². The molecule has 1 rings (SSSR count). The van der Waals surface area contributed by atoms with Gasteiger partial charge in [0.15, 0.2) is 0 Å². The van der Waals surface area contributed by atoms with Crippen molar-refractivity contribution >= 4 is 5.97 Å². The molecule has 1 heterocycles. The molecule has 1 aromatic heterocycles. The second-order valence-electron chi connectivity index (χ2n) is 3.29. The summed E-state index contributed by atoms with van der Waals surface area (Å²) in [6, 6.07) is -0.152. The minimum atomic E-state index is -5.31. The fraction of sp³-hybridized carbons (Fsp3) is 0.333. The number of hydrogen-bond acceptors (Lipinski definition) is 4. The van der Waals surface area contributed by atoms with E-state index in [4.69, 9.17) is 0 Å². The Morgan fingerprint density at radius 1 is 1.20 bits per heavy atom. The van der Waals surface area contributed by atoms with Gasteiger partial charge in [-0.25, -0.2) is 4.79 Å². The molecule has 0 aliphatic carbocycles. The van der Waals surface area contributed by atoms with Crippen LogP contribution < -0.4 is 10.3 Å². The van der Waals surface area contributed by atoms with E-state index in [0.29, 0.717) is 7.11 Å². The highest BCUT2D eigenvalue weighted by Crippen LogP contribution is 2.33. The van der Waals surface area contributed by atoms with Gasteiger partial charge in [0.2, 0.25) is 5.88 Å². The third kappa shape index (κ3) is 3.65. The number of carbonyl (C=O) groups excluding carboxylic acids is 1. The number of H-pyrrole nitrogens is 1. The smallest absolute Gasteiger partial charge is 0.465 e. The first-order chi connectivity index (χ1) is 8.95. The van der Waals surface area contributed by atoms with Gasteiger partial charge in [-0.1, -0.05) is 0 Å². The third-order valence-electron chi connectivity index (χ3n) is 1.93. The summed E-state index contributed by atoms with van der Waals surface area (Å²) in [6.07, 6.45) is -10.6. The number of hydrogen-bond donors (Lipinski definition) is 1. The molecule has 0 fully saturated rings. The van der Waals surface area contributed by atoms with E-state index in [1.165, 1.54) is 4.98 Å². The van der Waals surface area contributed by atoms with Crippen LogP contribution in [0.2, 0.25) is 0 Å². The molecule has 0 spiro atoms. The molecule has 0 radical (unpaired) electrons. The second-order valence-corrected chi connectivity index (χ2v) is 3.29. The Morgan fingerprint density at radius 2 is 1.75 bits per heavy atom. The molecule has 0 aliphatic rings. The van der Waals surface area contributed by atoms with Crippen LogP contribution in [0.25, 0.3) is 0 Å². The molecule has 0 bridgehead atoms. The van der Waals surface area contributed by atoms with Crippen molar-refractivity contribution in [1.29, 1.82) is 0 Å². The molecule has 1 N–H and O–H groups in total. The molecular weight excluding hydrogens is 300 g/mol. The zero-order chi connectivity index (χ0) is 15.7. The molecule has 0 amide bonds. The van der Waals surface area contributed by atoms with E-state index < -0.39 is 41.1 Å². The molecule has 0 unspecified atom stereocenters. The number of halogens is 6. The van der Waals surface area contributed by atoms with Crippen molar-refractivity contribution in [3.05, 3.63) is 27.5 Å². The topological polar surface area (TPSA) is 68.4 Å². The first-order valence-electron chi connectivity index (χ1n) is 4.64. The van der Waals surface area contributed by atoms with Gasteiger partial charge >= 0.3 is 18.5 Å². The Morgan fingerprint density at radius 3 is 2.15 bits per heavy atom. The SMILES string of the molecule is COC(=O)c1c(C(F)(F)F)cc(OC(F)(F)F)[nH]c1=O. The van der Waals surface area contributed by atoms with E-state index in [1.807, 2.05) is 0 Å². The van der Waals surface area contributed by atoms with Gasteiger partial charge in [-0.2, -0.15) is 13.2 Å². The number of rotatable bonds is 2. The summed E-state index contributed by atoms with van der Waals surface area (Å²) in [6.45, 7) is 0. The zero-order valence-corrected chi connectivity index (χ0v) is 9.48. The minimum Gasteiger partial charge on any atom is -0.465 e. The quantitative estimate of drug-likeness (QED) is 0.671. The molecule has 20 heavy (non-hydrogen) atoms. The summed E-state index contributed by atoms with van der Waals surface area (Å²) in [5.74, 6) is -3.14. The number of aromatic nitrogens is 1. The molecule has 112 valence electrons. The van der Waals surface area contributed by atoms with E-state index in [1.54, 1.807) is 0 Å². The summed E-state index contributed by atoms with van der Waals surface area (Å²) >= 11 is 0. The first kappa shape index (κ1) is 15.9. The van der Waals surface area contributed by atoms with Crippen LogP contribution in [-0.4, -0.2) is 24.4 Å². The van der Waals surface area contributed by atoms with Crippen LogP contribution in [0.4, 0.5) is 26.3 Å². The highest BCUT2D eigenvalue weighted by atomic mass is 19.4. The fourth-order valence-electron chi connectivity index (χ4n) is 1.24. The molecule has 11 heteroatoms. The van der Waals surface area contributed by atoms with E-state index in [0.717, 1.165) is 0 Å². The van der Waals surface area contributed by atoms with Crippen LogP contribution in [0, 0.1) is 0 Å². The fourth-order valence-corrected chi connectivity index (χ4v) is 1.24. The highest BCUT2D eigenvalue weighted by Gasteiger charge is 2.40. The van der Waals surface area contributed by atoms with Gasteiger partial charge < -0.3 is 9.47 Å². The highest BCUT2D eigenvalue weighted by molar-refractivity contribution is 5.90. The molecule has 0 atom stereocenters. The Kier molecular flexibility index (Phi) is 4.01. The molecular formula is C9H5F6NO4. The van der Waals surface area contributed by atoms with Gasteiger partial charge in [0.25, 0.3) is 5.56 Å². The normalized spacial score (nSPS) is 12.2. The van der Waals surface area contributed by atoms with Crippen LogP contribution in [0.3, 0.4) is 0 Å². The minimum absolute atomic E-state index is 0.152. The molecule has 0 saturated carbocycles. The van der Waals surface area contributed by atoms with Crippen molar-refractivity contribution in [3.8, 4) is 5.88 Å². The maximum absolute atomic E-state index is 12.6. The Balaban J connectivity index is 3.50. The monoisotopic (exact) mass is 305 g/mol. The standard InChI is InChI=1S/C9H5F6NO4/c1-19-7(18)5-3(8(10,11)12)2-4(16-6(5)17)20-9(13,14)15/h2H,1H3,(H,16,17). The van der Waals surface area contributed by atoms with E-state index in [9.17, 15) is 35.9 Å². The largest absolute Gasteiger partial charge is 0.574 e. The molecule has 1 aromatic rings. The second kappa shape index (κ2) is 5.06. The van der Waals surface area contributed by atoms with Crippen molar-refractivity contribution in [2.45, 2.75) is 12.5 Å². The van der Waals surface area contributed by atoms with Gasteiger partial charge in [-0.3, -0.25) is 9.78 Å². The van der Waals surface area contributed by atoms with E-state index in [2.05, 4.69) is 9.47 Å². The average Bonchev–Trinajstić information content (AvgIpc) is 2.23. The lowest BCUT2D eigenvalue weighted by Crippen LogP contribution is -2.28. The number of carbonyl (C=O) groups is 1. The van der Waals surface area contributed by atoms with Gasteiger partial charge in [-0.15, -0.1) is 13.2 Å². The Bertz CT molecular complexity index is 573. The lowest BCUT2D eigenvalue weighted by Gasteiger charge is -2.13. The van der Waals surface area contributed by atoms with E-state index in [-0.39, 0.29) is 6.07 Å². The van der Waals surface area contributed by atoms with Gasteiger partial charge in [0.05, 0.1) is 12.7 Å². The van der Waals surface area contributed by atoms with E-state index >= 15 is 0 Å². The van der Waals surface area contributed by atoms with Crippen LogP contribution in [-0.2, 0) is 10.9 Å². The Hall–Kier alpha value is -2.20. The van der Waals surface area contributed by atoms with Crippen molar-refractivity contribution in [1.82, 2.24) is 4.98 Å². The van der Waals surface area contributed by atoms with Gasteiger partial charge in [-0.05, 0) is 0 Å². The van der Waals surface area contributed by atoms with Crippen molar-refractivity contribution in [2.24, 2.45) is 0 Å². The Labute approximate surface area is 106 Å². The van der Waals surface area contributed by atoms with Gasteiger partial charge in [0, 0.05) is 6.07 Å². The number of alkyl halides is 6. The molecule has 5 nitrogen and oxygen atoms in total. The summed E-state index contributed by atoms with van der Waals surface area (Å²) < 4.78 is 80.8. The van der Waals surface area contributed by atoms with Crippen molar-refractivity contribution in [2.75, 3.05) is 7.11 Å². The maximum atomic E-state index is 12.6. The number of methoxy groups -OCH3 is 1. The van der Waals surface area contributed by atoms with Crippen molar-refractivity contribution < 1.29 is 40.6 Å². The zero-order valence-electron chi connectivity index (χ0n) is 9.48. The number of esters is 1. The van der Waals surface area contributed by atoms with Crippen LogP contribution in [0.1, 0.15) is 15.9 Å². The maximum Gasteiger partial charge on any atom is 0.574 e. The predicted molar refractivity (Wildman–Crippen MR) is 50.1 cm³/mol. The predicted octanol–water partition coefficient (Wildman–Crippen LogP) is 2.08. The average molecular weight is 305 g/mol. The number of aromatic amines is 1. The summed E-state index contributed by atoms with van der Waals surface area (Å²) in [5.41, 5.74) is -5.08. The van der Waals surface area contributed by atoms with Gasteiger partial charge in [0.1, 0.15) is 5.56 Å². The molecule has 0 aromatic carbocycles. The lowest BCUT2D eigenvalue weighted by molar-refractivity contribution is -0.276. The lowest BCUT2D eigenvalue weighted by atomic mass is 10.1. The first-order valence-corrected chi connectivity index (χ1v) is 4.64. The third-order valence-corrected chi connectivity index (χ3v) is 1.93.